The topological polar surface area (TPSA) is 32.3 Å². The SMILES string of the molecule is CCc1ccc(C(CNC(=O)/C=C/c2ccccc2)N(C)C)cc1. The standard InChI is InChI=1S/C21H26N2O/c1-4-17-10-13-19(14-11-17)20(23(2)3)16-22-21(24)15-12-18-8-6-5-7-9-18/h5-15,20H,4,16H2,1-3H3,(H,22,24)/b15-12+. The maximum Gasteiger partial charge on any atom is 0.244 e. The first-order valence-electron chi connectivity index (χ1n) is 8.36. The Labute approximate surface area is 145 Å². The molecule has 0 aliphatic carbocycles. The zero-order valence-electron chi connectivity index (χ0n) is 14.7. The largest absolute Gasteiger partial charge is 0.351 e. The van der Waals surface area contributed by atoms with Gasteiger partial charge in [0.15, 0.2) is 0 Å². The van der Waals surface area contributed by atoms with Gasteiger partial charge in [0.1, 0.15) is 0 Å². The minimum Gasteiger partial charge on any atom is -0.351 e. The van der Waals surface area contributed by atoms with Crippen LogP contribution in [0.3, 0.4) is 0 Å². The molecule has 0 bridgehead atoms. The number of carbonyl (C=O) groups excluding carboxylic acids is 1. The lowest BCUT2D eigenvalue weighted by atomic mass is 10.0. The molecular formula is C21H26N2O. The normalized spacial score (nSPS) is 12.5. The molecule has 3 heteroatoms. The maximum absolute atomic E-state index is 12.1. The second kappa shape index (κ2) is 9.04. The van der Waals surface area contributed by atoms with Crippen LogP contribution in [0, 0.1) is 0 Å². The lowest BCUT2D eigenvalue weighted by molar-refractivity contribution is -0.116. The quantitative estimate of drug-likeness (QED) is 0.789. The summed E-state index contributed by atoms with van der Waals surface area (Å²) in [5.41, 5.74) is 3.56. The monoisotopic (exact) mass is 322 g/mol. The van der Waals surface area contributed by atoms with Crippen molar-refractivity contribution in [3.8, 4) is 0 Å². The summed E-state index contributed by atoms with van der Waals surface area (Å²) in [7, 11) is 4.06. The van der Waals surface area contributed by atoms with E-state index >= 15 is 0 Å². The van der Waals surface area contributed by atoms with E-state index in [1.807, 2.05) is 50.5 Å². The molecule has 0 heterocycles. The lowest BCUT2D eigenvalue weighted by Gasteiger charge is -2.25. The van der Waals surface area contributed by atoms with Crippen molar-refractivity contribution in [3.05, 3.63) is 77.4 Å². The molecule has 0 aromatic heterocycles. The number of nitrogens with one attached hydrogen (secondary N) is 1. The van der Waals surface area contributed by atoms with Crippen molar-refractivity contribution in [1.82, 2.24) is 10.2 Å². The van der Waals surface area contributed by atoms with Crippen molar-refractivity contribution in [3.63, 3.8) is 0 Å². The maximum atomic E-state index is 12.1. The minimum atomic E-state index is -0.0733. The van der Waals surface area contributed by atoms with Crippen LogP contribution < -0.4 is 5.32 Å². The van der Waals surface area contributed by atoms with Gasteiger partial charge in [-0.05, 0) is 43.3 Å². The van der Waals surface area contributed by atoms with Crippen molar-refractivity contribution in [1.29, 1.82) is 0 Å². The first-order chi connectivity index (χ1) is 11.6. The van der Waals surface area contributed by atoms with Gasteiger partial charge < -0.3 is 10.2 Å². The number of hydrogen-bond donors (Lipinski definition) is 1. The molecule has 2 rings (SSSR count). The van der Waals surface area contributed by atoms with Gasteiger partial charge in [-0.2, -0.15) is 0 Å². The molecule has 1 amide bonds. The summed E-state index contributed by atoms with van der Waals surface area (Å²) in [5, 5.41) is 2.99. The van der Waals surface area contributed by atoms with Crippen LogP contribution in [-0.2, 0) is 11.2 Å². The van der Waals surface area contributed by atoms with E-state index in [-0.39, 0.29) is 11.9 Å². The van der Waals surface area contributed by atoms with Gasteiger partial charge >= 0.3 is 0 Å². The van der Waals surface area contributed by atoms with Gasteiger partial charge in [0, 0.05) is 12.6 Å². The zero-order valence-corrected chi connectivity index (χ0v) is 14.7. The fourth-order valence-electron chi connectivity index (χ4n) is 2.57. The highest BCUT2D eigenvalue weighted by Gasteiger charge is 2.14. The van der Waals surface area contributed by atoms with E-state index in [4.69, 9.17) is 0 Å². The predicted molar refractivity (Wildman–Crippen MR) is 101 cm³/mol. The fourth-order valence-corrected chi connectivity index (χ4v) is 2.57. The molecule has 126 valence electrons. The Balaban J connectivity index is 1.95. The Kier molecular flexibility index (Phi) is 6.76. The van der Waals surface area contributed by atoms with Gasteiger partial charge in [0.25, 0.3) is 0 Å². The Hall–Kier alpha value is -2.39. The van der Waals surface area contributed by atoms with Crippen LogP contribution in [0.25, 0.3) is 6.08 Å². The van der Waals surface area contributed by atoms with Crippen molar-refractivity contribution < 1.29 is 4.79 Å². The summed E-state index contributed by atoms with van der Waals surface area (Å²) in [6.45, 7) is 2.73. The molecule has 0 spiro atoms. The molecule has 0 saturated carbocycles. The van der Waals surface area contributed by atoms with Gasteiger partial charge in [-0.25, -0.2) is 0 Å². The Morgan fingerprint density at radius 2 is 1.75 bits per heavy atom. The average Bonchev–Trinajstić information content (AvgIpc) is 2.61. The molecule has 0 aliphatic heterocycles. The number of amides is 1. The van der Waals surface area contributed by atoms with E-state index in [0.29, 0.717) is 6.54 Å². The van der Waals surface area contributed by atoms with Crippen molar-refractivity contribution in [2.45, 2.75) is 19.4 Å². The highest BCUT2D eigenvalue weighted by Crippen LogP contribution is 2.18. The summed E-state index contributed by atoms with van der Waals surface area (Å²) < 4.78 is 0. The second-order valence-electron chi connectivity index (χ2n) is 6.06. The number of nitrogens with zero attached hydrogens (tertiary/aromatic N) is 1. The third-order valence-corrected chi connectivity index (χ3v) is 4.09. The summed E-state index contributed by atoms with van der Waals surface area (Å²) in [5.74, 6) is -0.0733. The summed E-state index contributed by atoms with van der Waals surface area (Å²) in [4.78, 5) is 14.2. The molecule has 0 aliphatic rings. The molecule has 1 unspecified atom stereocenters. The van der Waals surface area contributed by atoms with Crippen LogP contribution in [-0.4, -0.2) is 31.4 Å². The van der Waals surface area contributed by atoms with Crippen LogP contribution in [0.2, 0.25) is 0 Å². The fraction of sp³-hybridized carbons (Fsp3) is 0.286. The number of rotatable bonds is 7. The highest BCUT2D eigenvalue weighted by atomic mass is 16.1. The number of benzene rings is 2. The van der Waals surface area contributed by atoms with E-state index in [2.05, 4.69) is 41.4 Å². The van der Waals surface area contributed by atoms with E-state index in [1.54, 1.807) is 6.08 Å². The Morgan fingerprint density at radius 1 is 1.08 bits per heavy atom. The summed E-state index contributed by atoms with van der Waals surface area (Å²) in [6, 6.07) is 18.6. The number of hydrogen-bond acceptors (Lipinski definition) is 2. The molecule has 24 heavy (non-hydrogen) atoms. The van der Waals surface area contributed by atoms with Gasteiger partial charge in [0.05, 0.1) is 6.04 Å². The van der Waals surface area contributed by atoms with Crippen molar-refractivity contribution >= 4 is 12.0 Å². The van der Waals surface area contributed by atoms with Crippen molar-refractivity contribution in [2.24, 2.45) is 0 Å². The third-order valence-electron chi connectivity index (χ3n) is 4.09. The van der Waals surface area contributed by atoms with E-state index in [0.717, 1.165) is 12.0 Å². The number of aryl methyl sites for hydroxylation is 1. The first kappa shape index (κ1) is 18.0. The highest BCUT2D eigenvalue weighted by molar-refractivity contribution is 5.91. The van der Waals surface area contributed by atoms with E-state index in [1.165, 1.54) is 11.1 Å². The van der Waals surface area contributed by atoms with Crippen molar-refractivity contribution in [2.75, 3.05) is 20.6 Å². The van der Waals surface area contributed by atoms with Gasteiger partial charge in [-0.3, -0.25) is 4.79 Å². The number of likely N-dealkylation sites (N-methyl/N-ethyl adjacent to an activating group) is 1. The molecule has 0 radical (unpaired) electrons. The molecule has 1 N–H and O–H groups in total. The Morgan fingerprint density at radius 3 is 2.33 bits per heavy atom. The van der Waals surface area contributed by atoms with Crippen LogP contribution in [0.1, 0.15) is 29.7 Å². The third kappa shape index (κ3) is 5.36. The second-order valence-corrected chi connectivity index (χ2v) is 6.06. The predicted octanol–water partition coefficient (Wildman–Crippen LogP) is 3.68. The number of carbonyl (C=O) groups is 1. The van der Waals surface area contributed by atoms with E-state index < -0.39 is 0 Å². The van der Waals surface area contributed by atoms with Crippen LogP contribution in [0.4, 0.5) is 0 Å². The van der Waals surface area contributed by atoms with Crippen LogP contribution in [0.15, 0.2) is 60.7 Å². The molecule has 0 saturated heterocycles. The molecule has 0 fully saturated rings. The molecule has 2 aromatic carbocycles. The minimum absolute atomic E-state index is 0.0733. The van der Waals surface area contributed by atoms with Gasteiger partial charge in [-0.1, -0.05) is 61.5 Å². The van der Waals surface area contributed by atoms with Gasteiger partial charge in [-0.15, -0.1) is 0 Å². The average molecular weight is 322 g/mol. The lowest BCUT2D eigenvalue weighted by Crippen LogP contribution is -2.33. The van der Waals surface area contributed by atoms with Crippen LogP contribution in [0.5, 0.6) is 0 Å². The molecule has 1 atom stereocenters. The molecule has 3 nitrogen and oxygen atoms in total. The van der Waals surface area contributed by atoms with Gasteiger partial charge in [0.2, 0.25) is 5.91 Å². The summed E-state index contributed by atoms with van der Waals surface area (Å²) >= 11 is 0. The summed E-state index contributed by atoms with van der Waals surface area (Å²) in [6.07, 6.45) is 4.45. The molecule has 2 aromatic rings. The smallest absolute Gasteiger partial charge is 0.244 e. The first-order valence-corrected chi connectivity index (χ1v) is 8.36. The Bertz CT molecular complexity index is 660. The molecular weight excluding hydrogens is 296 g/mol. The zero-order chi connectivity index (χ0) is 17.4. The van der Waals surface area contributed by atoms with Crippen LogP contribution >= 0.6 is 0 Å². The van der Waals surface area contributed by atoms with E-state index in [9.17, 15) is 4.79 Å².